The summed E-state index contributed by atoms with van der Waals surface area (Å²) in [5, 5.41) is 0. The van der Waals surface area contributed by atoms with E-state index in [0.717, 1.165) is 12.8 Å². The van der Waals surface area contributed by atoms with Gasteiger partial charge in [0.05, 0.1) is 13.2 Å². The first-order valence-electron chi connectivity index (χ1n) is 6.12. The van der Waals surface area contributed by atoms with E-state index in [0.29, 0.717) is 36.6 Å². The second kappa shape index (κ2) is 7.48. The van der Waals surface area contributed by atoms with Crippen LogP contribution in [0.25, 0.3) is 0 Å². The smallest absolute Gasteiger partial charge is 0.225 e. The Labute approximate surface area is 107 Å². The average molecular weight is 250 g/mol. The van der Waals surface area contributed by atoms with Gasteiger partial charge in [-0.1, -0.05) is 13.8 Å². The second-order valence-corrected chi connectivity index (χ2v) is 3.84. The minimum absolute atomic E-state index is 0.297. The highest BCUT2D eigenvalue weighted by Crippen LogP contribution is 2.28. The standard InChI is InChI=1S/C14H18O4/c1-3-7-17-13-6-5-11(12(16)10-15)9-14(13)18-8-4-2/h5-6,9-10H,3-4,7-8H2,1-2H3. The molecule has 0 saturated heterocycles. The molecule has 0 unspecified atom stereocenters. The largest absolute Gasteiger partial charge is 0.490 e. The molecule has 0 aromatic heterocycles. The summed E-state index contributed by atoms with van der Waals surface area (Å²) in [4.78, 5) is 21.8. The van der Waals surface area contributed by atoms with Crippen molar-refractivity contribution in [2.45, 2.75) is 26.7 Å². The first-order valence-corrected chi connectivity index (χ1v) is 6.12. The van der Waals surface area contributed by atoms with Crippen molar-refractivity contribution in [2.24, 2.45) is 0 Å². The number of carbonyl (C=O) groups is 2. The van der Waals surface area contributed by atoms with Crippen LogP contribution in [0.5, 0.6) is 11.5 Å². The van der Waals surface area contributed by atoms with Crippen molar-refractivity contribution in [1.29, 1.82) is 0 Å². The lowest BCUT2D eigenvalue weighted by molar-refractivity contribution is -0.104. The molecule has 1 aromatic carbocycles. The van der Waals surface area contributed by atoms with Gasteiger partial charge in [0.15, 0.2) is 17.8 Å². The summed E-state index contributed by atoms with van der Waals surface area (Å²) in [5.74, 6) is 0.559. The molecule has 4 heteroatoms. The third-order valence-electron chi connectivity index (χ3n) is 2.26. The minimum Gasteiger partial charge on any atom is -0.490 e. The summed E-state index contributed by atoms with van der Waals surface area (Å²) in [6, 6.07) is 4.79. The molecule has 0 bridgehead atoms. The maximum absolute atomic E-state index is 11.3. The van der Waals surface area contributed by atoms with E-state index in [4.69, 9.17) is 9.47 Å². The van der Waals surface area contributed by atoms with E-state index in [-0.39, 0.29) is 0 Å². The molecule has 1 aromatic rings. The molecular weight excluding hydrogens is 232 g/mol. The molecule has 4 nitrogen and oxygen atoms in total. The number of rotatable bonds is 8. The molecule has 0 amide bonds. The molecule has 0 radical (unpaired) electrons. The number of hydrogen-bond donors (Lipinski definition) is 0. The Balaban J connectivity index is 2.95. The van der Waals surface area contributed by atoms with Crippen LogP contribution in [0, 0.1) is 0 Å². The van der Waals surface area contributed by atoms with Crippen LogP contribution < -0.4 is 9.47 Å². The summed E-state index contributed by atoms with van der Waals surface area (Å²) < 4.78 is 11.1. The van der Waals surface area contributed by atoms with Gasteiger partial charge in [0, 0.05) is 5.56 Å². The van der Waals surface area contributed by atoms with E-state index in [2.05, 4.69) is 0 Å². The van der Waals surface area contributed by atoms with E-state index >= 15 is 0 Å². The molecule has 0 aliphatic carbocycles. The molecule has 1 rings (SSSR count). The fraction of sp³-hybridized carbons (Fsp3) is 0.429. The van der Waals surface area contributed by atoms with E-state index < -0.39 is 5.78 Å². The zero-order valence-corrected chi connectivity index (χ0v) is 10.8. The van der Waals surface area contributed by atoms with Crippen LogP contribution in [0.1, 0.15) is 37.0 Å². The molecule has 0 fully saturated rings. The van der Waals surface area contributed by atoms with Gasteiger partial charge in [-0.2, -0.15) is 0 Å². The highest BCUT2D eigenvalue weighted by Gasteiger charge is 2.10. The fourth-order valence-electron chi connectivity index (χ4n) is 1.39. The maximum atomic E-state index is 11.3. The van der Waals surface area contributed by atoms with E-state index in [9.17, 15) is 9.59 Å². The van der Waals surface area contributed by atoms with E-state index in [1.165, 1.54) is 0 Å². The first kappa shape index (κ1) is 14.2. The summed E-state index contributed by atoms with van der Waals surface area (Å²) in [6.07, 6.45) is 2.05. The van der Waals surface area contributed by atoms with Crippen LogP contribution in [-0.4, -0.2) is 25.3 Å². The van der Waals surface area contributed by atoms with Gasteiger partial charge in [-0.25, -0.2) is 0 Å². The van der Waals surface area contributed by atoms with Crippen LogP contribution in [0.15, 0.2) is 18.2 Å². The summed E-state index contributed by atoms with van der Waals surface area (Å²) in [6.45, 7) is 5.13. The minimum atomic E-state index is -0.557. The van der Waals surface area contributed by atoms with Crippen molar-refractivity contribution in [3.63, 3.8) is 0 Å². The monoisotopic (exact) mass is 250 g/mol. The Morgan fingerprint density at radius 2 is 1.72 bits per heavy atom. The number of ketones is 1. The zero-order chi connectivity index (χ0) is 13.4. The van der Waals surface area contributed by atoms with Gasteiger partial charge in [-0.15, -0.1) is 0 Å². The molecule has 0 atom stereocenters. The highest BCUT2D eigenvalue weighted by molar-refractivity contribution is 6.33. The SMILES string of the molecule is CCCOc1ccc(C(=O)C=O)cc1OCCC. The second-order valence-electron chi connectivity index (χ2n) is 3.84. The molecule has 0 N–H and O–H groups in total. The van der Waals surface area contributed by atoms with Crippen LogP contribution in [0.3, 0.4) is 0 Å². The van der Waals surface area contributed by atoms with E-state index in [1.807, 2.05) is 13.8 Å². The number of hydrogen-bond acceptors (Lipinski definition) is 4. The topological polar surface area (TPSA) is 52.6 Å². The van der Waals surface area contributed by atoms with E-state index in [1.54, 1.807) is 18.2 Å². The third kappa shape index (κ3) is 3.87. The summed E-state index contributed by atoms with van der Waals surface area (Å²) >= 11 is 0. The maximum Gasteiger partial charge on any atom is 0.225 e. The predicted octanol–water partition coefficient (Wildman–Crippen LogP) is 2.65. The van der Waals surface area contributed by atoms with Gasteiger partial charge in [0.1, 0.15) is 0 Å². The number of aldehydes is 1. The third-order valence-corrected chi connectivity index (χ3v) is 2.26. The predicted molar refractivity (Wildman–Crippen MR) is 68.4 cm³/mol. The van der Waals surface area contributed by atoms with Gasteiger partial charge in [-0.05, 0) is 31.0 Å². The summed E-state index contributed by atoms with van der Waals surface area (Å²) in [5.41, 5.74) is 0.319. The van der Waals surface area contributed by atoms with Crippen molar-refractivity contribution in [1.82, 2.24) is 0 Å². The highest BCUT2D eigenvalue weighted by atomic mass is 16.5. The van der Waals surface area contributed by atoms with Crippen molar-refractivity contribution >= 4 is 12.1 Å². The van der Waals surface area contributed by atoms with Gasteiger partial charge >= 0.3 is 0 Å². The number of Topliss-reactive ketones (excluding diaryl/α,β-unsaturated/α-hetero) is 1. The number of benzene rings is 1. The Morgan fingerprint density at radius 1 is 1.11 bits per heavy atom. The molecule has 98 valence electrons. The van der Waals surface area contributed by atoms with Crippen molar-refractivity contribution in [2.75, 3.05) is 13.2 Å². The Hall–Kier alpha value is -1.84. The molecular formula is C14H18O4. The number of carbonyl (C=O) groups excluding carboxylic acids is 2. The van der Waals surface area contributed by atoms with Crippen molar-refractivity contribution < 1.29 is 19.1 Å². The van der Waals surface area contributed by atoms with Crippen molar-refractivity contribution in [3.05, 3.63) is 23.8 Å². The quantitative estimate of drug-likeness (QED) is 0.404. The fourth-order valence-corrected chi connectivity index (χ4v) is 1.39. The normalized spacial score (nSPS) is 9.89. The Bertz CT molecular complexity index is 412. The molecule has 18 heavy (non-hydrogen) atoms. The average Bonchev–Trinajstić information content (AvgIpc) is 2.42. The van der Waals surface area contributed by atoms with Gasteiger partial charge in [0.2, 0.25) is 5.78 Å². The molecule has 0 aliphatic heterocycles. The lowest BCUT2D eigenvalue weighted by Gasteiger charge is -2.12. The number of ether oxygens (including phenoxy) is 2. The molecule has 0 spiro atoms. The molecule has 0 saturated carbocycles. The lowest BCUT2D eigenvalue weighted by Crippen LogP contribution is -2.04. The van der Waals surface area contributed by atoms with Crippen LogP contribution >= 0.6 is 0 Å². The Kier molecular flexibility index (Phi) is 5.91. The van der Waals surface area contributed by atoms with Crippen LogP contribution in [0.2, 0.25) is 0 Å². The molecule has 0 heterocycles. The van der Waals surface area contributed by atoms with Crippen molar-refractivity contribution in [3.8, 4) is 11.5 Å². The first-order chi connectivity index (χ1) is 8.72. The van der Waals surface area contributed by atoms with Crippen LogP contribution in [0.4, 0.5) is 0 Å². The Morgan fingerprint density at radius 3 is 2.28 bits per heavy atom. The molecule has 0 aliphatic rings. The van der Waals surface area contributed by atoms with Gasteiger partial charge in [0.25, 0.3) is 0 Å². The summed E-state index contributed by atoms with van der Waals surface area (Å²) in [7, 11) is 0. The van der Waals surface area contributed by atoms with Crippen LogP contribution in [-0.2, 0) is 4.79 Å². The van der Waals surface area contributed by atoms with Gasteiger partial charge in [-0.3, -0.25) is 9.59 Å². The zero-order valence-electron chi connectivity index (χ0n) is 10.8. The van der Waals surface area contributed by atoms with Gasteiger partial charge < -0.3 is 9.47 Å². The lowest BCUT2D eigenvalue weighted by atomic mass is 10.1.